The number of carbonyl (C=O) groups excluding carboxylic acids is 1. The van der Waals surface area contributed by atoms with Gasteiger partial charge in [-0.3, -0.25) is 14.2 Å². The number of para-hydroxylation sites is 1. The molecule has 20 heavy (non-hydrogen) atoms. The van der Waals surface area contributed by atoms with Crippen molar-refractivity contribution in [1.29, 1.82) is 0 Å². The maximum Gasteiger partial charge on any atom is 0.262 e. The first-order valence-electron chi connectivity index (χ1n) is 6.15. The number of hydrogen-bond acceptors (Lipinski definition) is 5. The van der Waals surface area contributed by atoms with Gasteiger partial charge >= 0.3 is 0 Å². The zero-order valence-corrected chi connectivity index (χ0v) is 11.6. The van der Waals surface area contributed by atoms with Gasteiger partial charge in [-0.05, 0) is 18.6 Å². The van der Waals surface area contributed by atoms with Crippen molar-refractivity contribution in [3.63, 3.8) is 0 Å². The number of thioether (sulfide) groups is 1. The fourth-order valence-electron chi connectivity index (χ4n) is 1.82. The molecule has 1 amide bonds. The summed E-state index contributed by atoms with van der Waals surface area (Å²) in [7, 11) is 0. The molecule has 1 aromatic carbocycles. The molecule has 0 bridgehead atoms. The molecular formula is C13H15N3O3S. The van der Waals surface area contributed by atoms with E-state index in [1.54, 1.807) is 24.3 Å². The van der Waals surface area contributed by atoms with Crippen LogP contribution in [0.2, 0.25) is 0 Å². The molecule has 2 aromatic rings. The summed E-state index contributed by atoms with van der Waals surface area (Å²) in [5, 5.41) is 9.89. The number of benzene rings is 1. The minimum atomic E-state index is -0.467. The van der Waals surface area contributed by atoms with Crippen molar-refractivity contribution in [3.8, 4) is 0 Å². The number of amides is 1. The molecule has 0 saturated heterocycles. The van der Waals surface area contributed by atoms with Gasteiger partial charge in [0.25, 0.3) is 5.56 Å². The molecule has 0 saturated carbocycles. The van der Waals surface area contributed by atoms with Crippen molar-refractivity contribution < 1.29 is 9.90 Å². The van der Waals surface area contributed by atoms with E-state index in [1.165, 1.54) is 4.57 Å². The summed E-state index contributed by atoms with van der Waals surface area (Å²) in [6, 6.07) is 7.04. The van der Waals surface area contributed by atoms with E-state index in [2.05, 4.69) is 4.98 Å². The Morgan fingerprint density at radius 2 is 2.15 bits per heavy atom. The van der Waals surface area contributed by atoms with E-state index in [-0.39, 0.29) is 17.9 Å². The van der Waals surface area contributed by atoms with Crippen LogP contribution in [0.4, 0.5) is 0 Å². The second-order valence-electron chi connectivity index (χ2n) is 4.20. The standard InChI is InChI=1S/C13H15N3O3S/c14-11(18)8-20-13-15-10-5-2-1-4-9(10)12(19)16(13)6-3-7-17/h1-2,4-5,17H,3,6-8H2,(H2,14,18). The second kappa shape index (κ2) is 6.53. The molecule has 0 fully saturated rings. The third kappa shape index (κ3) is 3.17. The molecule has 3 N–H and O–H groups in total. The summed E-state index contributed by atoms with van der Waals surface area (Å²) < 4.78 is 1.48. The highest BCUT2D eigenvalue weighted by atomic mass is 32.2. The molecular weight excluding hydrogens is 278 g/mol. The smallest absolute Gasteiger partial charge is 0.262 e. The Bertz CT molecular complexity index is 684. The lowest BCUT2D eigenvalue weighted by Crippen LogP contribution is -2.24. The van der Waals surface area contributed by atoms with E-state index < -0.39 is 5.91 Å². The Labute approximate surface area is 119 Å². The predicted molar refractivity (Wildman–Crippen MR) is 77.6 cm³/mol. The largest absolute Gasteiger partial charge is 0.396 e. The number of primary amides is 1. The third-order valence-corrected chi connectivity index (χ3v) is 3.71. The number of rotatable bonds is 6. The molecule has 106 valence electrons. The van der Waals surface area contributed by atoms with Gasteiger partial charge in [-0.2, -0.15) is 0 Å². The van der Waals surface area contributed by atoms with E-state index >= 15 is 0 Å². The molecule has 7 heteroatoms. The quantitative estimate of drug-likeness (QED) is 0.592. The molecule has 0 aliphatic heterocycles. The lowest BCUT2D eigenvalue weighted by atomic mass is 10.2. The van der Waals surface area contributed by atoms with Crippen LogP contribution in [-0.4, -0.2) is 32.9 Å². The van der Waals surface area contributed by atoms with E-state index in [4.69, 9.17) is 10.8 Å². The van der Waals surface area contributed by atoms with Crippen LogP contribution in [0.1, 0.15) is 6.42 Å². The van der Waals surface area contributed by atoms with Gasteiger partial charge in [0.05, 0.1) is 16.7 Å². The van der Waals surface area contributed by atoms with Crippen LogP contribution >= 0.6 is 11.8 Å². The van der Waals surface area contributed by atoms with Gasteiger partial charge < -0.3 is 10.8 Å². The highest BCUT2D eigenvalue weighted by Gasteiger charge is 2.11. The van der Waals surface area contributed by atoms with Crippen LogP contribution in [0.15, 0.2) is 34.2 Å². The number of aliphatic hydroxyl groups excluding tert-OH is 1. The topological polar surface area (TPSA) is 98.2 Å². The number of hydrogen-bond donors (Lipinski definition) is 2. The minimum Gasteiger partial charge on any atom is -0.396 e. The Morgan fingerprint density at radius 1 is 1.40 bits per heavy atom. The van der Waals surface area contributed by atoms with Crippen molar-refractivity contribution in [2.75, 3.05) is 12.4 Å². The maximum absolute atomic E-state index is 12.4. The molecule has 0 aliphatic rings. The van der Waals surface area contributed by atoms with E-state index in [0.717, 1.165) is 11.8 Å². The third-order valence-electron chi connectivity index (χ3n) is 2.71. The first kappa shape index (κ1) is 14.5. The highest BCUT2D eigenvalue weighted by molar-refractivity contribution is 7.99. The Balaban J connectivity index is 2.51. The lowest BCUT2D eigenvalue weighted by Gasteiger charge is -2.11. The zero-order valence-electron chi connectivity index (χ0n) is 10.8. The number of aliphatic hydroxyl groups is 1. The van der Waals surface area contributed by atoms with Crippen LogP contribution < -0.4 is 11.3 Å². The van der Waals surface area contributed by atoms with Crippen molar-refractivity contribution >= 4 is 28.6 Å². The van der Waals surface area contributed by atoms with Crippen molar-refractivity contribution in [2.24, 2.45) is 5.73 Å². The van der Waals surface area contributed by atoms with Crippen LogP contribution in [0, 0.1) is 0 Å². The van der Waals surface area contributed by atoms with Gasteiger partial charge in [0.1, 0.15) is 0 Å². The minimum absolute atomic E-state index is 0.0147. The average molecular weight is 293 g/mol. The number of aromatic nitrogens is 2. The van der Waals surface area contributed by atoms with Crippen LogP contribution in [0.5, 0.6) is 0 Å². The Morgan fingerprint density at radius 3 is 2.85 bits per heavy atom. The van der Waals surface area contributed by atoms with Gasteiger partial charge in [0.15, 0.2) is 5.16 Å². The first-order chi connectivity index (χ1) is 9.63. The highest BCUT2D eigenvalue weighted by Crippen LogP contribution is 2.17. The zero-order chi connectivity index (χ0) is 14.5. The summed E-state index contributed by atoms with van der Waals surface area (Å²) in [5.74, 6) is -0.407. The van der Waals surface area contributed by atoms with Crippen LogP contribution in [0.3, 0.4) is 0 Å². The van der Waals surface area contributed by atoms with Gasteiger partial charge in [0, 0.05) is 13.2 Å². The second-order valence-corrected chi connectivity index (χ2v) is 5.14. The molecule has 2 rings (SSSR count). The van der Waals surface area contributed by atoms with E-state index in [1.807, 2.05) is 0 Å². The monoisotopic (exact) mass is 293 g/mol. The summed E-state index contributed by atoms with van der Waals surface area (Å²) in [6.45, 7) is 0.341. The molecule has 6 nitrogen and oxygen atoms in total. The Kier molecular flexibility index (Phi) is 4.75. The number of fused-ring (bicyclic) bond motifs is 1. The van der Waals surface area contributed by atoms with E-state index in [9.17, 15) is 9.59 Å². The van der Waals surface area contributed by atoms with Crippen molar-refractivity contribution in [2.45, 2.75) is 18.1 Å². The van der Waals surface area contributed by atoms with Crippen LogP contribution in [0.25, 0.3) is 10.9 Å². The Hall–Kier alpha value is -1.86. The summed E-state index contributed by atoms with van der Waals surface area (Å²) >= 11 is 1.13. The van der Waals surface area contributed by atoms with Gasteiger partial charge in [-0.1, -0.05) is 23.9 Å². The molecule has 0 unspecified atom stereocenters. The fraction of sp³-hybridized carbons (Fsp3) is 0.308. The van der Waals surface area contributed by atoms with Gasteiger partial charge in [-0.15, -0.1) is 0 Å². The van der Waals surface area contributed by atoms with Crippen LogP contribution in [-0.2, 0) is 11.3 Å². The fourth-order valence-corrected chi connectivity index (χ4v) is 2.58. The first-order valence-corrected chi connectivity index (χ1v) is 7.13. The van der Waals surface area contributed by atoms with E-state index in [0.29, 0.717) is 29.0 Å². The van der Waals surface area contributed by atoms with Crippen molar-refractivity contribution in [1.82, 2.24) is 9.55 Å². The molecule has 1 heterocycles. The number of nitrogens with zero attached hydrogens (tertiary/aromatic N) is 2. The number of nitrogens with two attached hydrogens (primary N) is 1. The molecule has 0 radical (unpaired) electrons. The maximum atomic E-state index is 12.4. The molecule has 0 spiro atoms. The lowest BCUT2D eigenvalue weighted by molar-refractivity contribution is -0.115. The normalized spacial score (nSPS) is 10.8. The molecule has 1 aromatic heterocycles. The SMILES string of the molecule is NC(=O)CSc1nc2ccccc2c(=O)n1CCCO. The predicted octanol–water partition coefficient (Wildman–Crippen LogP) is 0.356. The van der Waals surface area contributed by atoms with Gasteiger partial charge in [-0.25, -0.2) is 4.98 Å². The summed E-state index contributed by atoms with van der Waals surface area (Å²) in [4.78, 5) is 27.7. The summed E-state index contributed by atoms with van der Waals surface area (Å²) in [6.07, 6.45) is 0.448. The average Bonchev–Trinajstić information content (AvgIpc) is 2.44. The van der Waals surface area contributed by atoms with Crippen molar-refractivity contribution in [3.05, 3.63) is 34.6 Å². The molecule has 0 aliphatic carbocycles. The number of carbonyl (C=O) groups is 1. The summed E-state index contributed by atoms with van der Waals surface area (Å²) in [5.41, 5.74) is 5.54. The van der Waals surface area contributed by atoms with Gasteiger partial charge in [0.2, 0.25) is 5.91 Å². The molecule has 0 atom stereocenters.